The van der Waals surface area contributed by atoms with Gasteiger partial charge in [0.05, 0.1) is 11.0 Å². The van der Waals surface area contributed by atoms with Crippen LogP contribution in [0.3, 0.4) is 0 Å². The fraction of sp³-hybridized carbons (Fsp3) is 0.625. The second-order valence-corrected chi connectivity index (χ2v) is 8.42. The molecule has 0 aromatic heterocycles. The molecule has 1 fully saturated rings. The van der Waals surface area contributed by atoms with E-state index < -0.39 is 21.9 Å². The van der Waals surface area contributed by atoms with E-state index >= 15 is 0 Å². The molecule has 0 bridgehead atoms. The summed E-state index contributed by atoms with van der Waals surface area (Å²) >= 11 is 0. The first-order valence-corrected chi connectivity index (χ1v) is 9.35. The van der Waals surface area contributed by atoms with Gasteiger partial charge in [-0.15, -0.1) is 0 Å². The SMILES string of the molecule is CC1CCN(CC(O)CN(C)S(=O)(=O)c2ccc(F)cc2)CC1. The minimum Gasteiger partial charge on any atom is -0.390 e. The van der Waals surface area contributed by atoms with Crippen LogP contribution in [0.15, 0.2) is 29.2 Å². The number of likely N-dealkylation sites (tertiary alicyclic amines) is 1. The molecule has 0 radical (unpaired) electrons. The van der Waals surface area contributed by atoms with Crippen LogP contribution in [0, 0.1) is 11.7 Å². The quantitative estimate of drug-likeness (QED) is 0.850. The lowest BCUT2D eigenvalue weighted by Gasteiger charge is -2.32. The van der Waals surface area contributed by atoms with Gasteiger partial charge in [0.25, 0.3) is 0 Å². The van der Waals surface area contributed by atoms with E-state index in [0.29, 0.717) is 12.5 Å². The molecule has 1 aliphatic rings. The molecular formula is C16H25FN2O3S. The van der Waals surface area contributed by atoms with Crippen molar-refractivity contribution in [1.29, 1.82) is 0 Å². The van der Waals surface area contributed by atoms with Gasteiger partial charge in [0.2, 0.25) is 10.0 Å². The molecule has 0 amide bonds. The molecule has 1 aromatic rings. The van der Waals surface area contributed by atoms with Crippen molar-refractivity contribution >= 4 is 10.0 Å². The zero-order chi connectivity index (χ0) is 17.0. The highest BCUT2D eigenvalue weighted by molar-refractivity contribution is 7.89. The second kappa shape index (κ2) is 7.70. The molecule has 130 valence electrons. The molecule has 1 saturated heterocycles. The summed E-state index contributed by atoms with van der Waals surface area (Å²) in [5.74, 6) is 0.232. The first-order valence-electron chi connectivity index (χ1n) is 7.91. The van der Waals surface area contributed by atoms with E-state index in [0.717, 1.165) is 42.4 Å². The first-order chi connectivity index (χ1) is 10.8. The van der Waals surface area contributed by atoms with Crippen molar-refractivity contribution < 1.29 is 17.9 Å². The van der Waals surface area contributed by atoms with E-state index in [2.05, 4.69) is 11.8 Å². The van der Waals surface area contributed by atoms with Gasteiger partial charge in [0, 0.05) is 20.1 Å². The number of rotatable bonds is 6. The molecule has 23 heavy (non-hydrogen) atoms. The van der Waals surface area contributed by atoms with Crippen molar-refractivity contribution in [3.8, 4) is 0 Å². The number of halogens is 1. The predicted molar refractivity (Wildman–Crippen MR) is 87.1 cm³/mol. The monoisotopic (exact) mass is 344 g/mol. The Bertz CT molecular complexity index is 598. The molecule has 0 spiro atoms. The van der Waals surface area contributed by atoms with Crippen LogP contribution < -0.4 is 0 Å². The Kier molecular flexibility index (Phi) is 6.13. The molecule has 1 aliphatic heterocycles. The molecule has 7 heteroatoms. The smallest absolute Gasteiger partial charge is 0.242 e. The Morgan fingerprint density at radius 3 is 2.43 bits per heavy atom. The average Bonchev–Trinajstić information content (AvgIpc) is 2.50. The topological polar surface area (TPSA) is 60.9 Å². The van der Waals surface area contributed by atoms with Gasteiger partial charge in [-0.05, 0) is 56.1 Å². The Hall–Kier alpha value is -1.02. The van der Waals surface area contributed by atoms with Crippen LogP contribution >= 0.6 is 0 Å². The van der Waals surface area contributed by atoms with Crippen LogP contribution in [0.5, 0.6) is 0 Å². The summed E-state index contributed by atoms with van der Waals surface area (Å²) in [5.41, 5.74) is 0. The van der Waals surface area contributed by atoms with Crippen molar-refractivity contribution in [3.63, 3.8) is 0 Å². The molecule has 0 saturated carbocycles. The summed E-state index contributed by atoms with van der Waals surface area (Å²) in [4.78, 5) is 2.20. The second-order valence-electron chi connectivity index (χ2n) is 6.38. The van der Waals surface area contributed by atoms with E-state index in [9.17, 15) is 17.9 Å². The van der Waals surface area contributed by atoms with E-state index in [1.54, 1.807) is 0 Å². The highest BCUT2D eigenvalue weighted by Crippen LogP contribution is 2.17. The van der Waals surface area contributed by atoms with Gasteiger partial charge in [-0.3, -0.25) is 0 Å². The van der Waals surface area contributed by atoms with Gasteiger partial charge in [-0.1, -0.05) is 6.92 Å². The van der Waals surface area contributed by atoms with Gasteiger partial charge in [-0.2, -0.15) is 4.31 Å². The third-order valence-corrected chi connectivity index (χ3v) is 6.17. The summed E-state index contributed by atoms with van der Waals surface area (Å²) in [7, 11) is -2.28. The molecule has 1 unspecified atom stereocenters. The molecule has 1 N–H and O–H groups in total. The summed E-state index contributed by atoms with van der Waals surface area (Å²) in [6.07, 6.45) is 1.47. The molecule has 1 aromatic carbocycles. The summed E-state index contributed by atoms with van der Waals surface area (Å²) in [6.45, 7) is 4.58. The van der Waals surface area contributed by atoms with Crippen LogP contribution in [0.2, 0.25) is 0 Å². The van der Waals surface area contributed by atoms with Crippen molar-refractivity contribution in [1.82, 2.24) is 9.21 Å². The number of sulfonamides is 1. The van der Waals surface area contributed by atoms with Gasteiger partial charge < -0.3 is 10.0 Å². The van der Waals surface area contributed by atoms with Crippen LogP contribution in [-0.4, -0.2) is 62.1 Å². The van der Waals surface area contributed by atoms with Crippen LogP contribution in [-0.2, 0) is 10.0 Å². The summed E-state index contributed by atoms with van der Waals surface area (Å²) in [6, 6.07) is 4.71. The fourth-order valence-electron chi connectivity index (χ4n) is 2.78. The van der Waals surface area contributed by atoms with Crippen molar-refractivity contribution in [2.75, 3.05) is 33.2 Å². The van der Waals surface area contributed by atoms with Crippen molar-refractivity contribution in [2.45, 2.75) is 30.8 Å². The van der Waals surface area contributed by atoms with Gasteiger partial charge >= 0.3 is 0 Å². The van der Waals surface area contributed by atoms with Crippen molar-refractivity contribution in [2.24, 2.45) is 5.92 Å². The van der Waals surface area contributed by atoms with Crippen molar-refractivity contribution in [3.05, 3.63) is 30.1 Å². The number of piperidine rings is 1. The highest BCUT2D eigenvalue weighted by Gasteiger charge is 2.25. The third-order valence-electron chi connectivity index (χ3n) is 4.33. The standard InChI is InChI=1S/C16H25FN2O3S/c1-13-7-9-19(10-8-13)12-15(20)11-18(2)23(21,22)16-5-3-14(17)4-6-16/h3-6,13,15,20H,7-12H2,1-2H3. The number of likely N-dealkylation sites (N-methyl/N-ethyl adjacent to an activating group) is 1. The lowest BCUT2D eigenvalue weighted by molar-refractivity contribution is 0.0813. The Labute approximate surface area is 137 Å². The molecule has 1 heterocycles. The minimum atomic E-state index is -3.71. The van der Waals surface area contributed by atoms with Gasteiger partial charge in [0.1, 0.15) is 5.82 Å². The lowest BCUT2D eigenvalue weighted by Crippen LogP contribution is -2.43. The summed E-state index contributed by atoms with van der Waals surface area (Å²) in [5, 5.41) is 10.2. The maximum atomic E-state index is 12.9. The average molecular weight is 344 g/mol. The molecular weight excluding hydrogens is 319 g/mol. The van der Waals surface area contributed by atoms with Gasteiger partial charge in [0.15, 0.2) is 0 Å². The van der Waals surface area contributed by atoms with Crippen LogP contribution in [0.1, 0.15) is 19.8 Å². The molecule has 0 aliphatic carbocycles. The zero-order valence-electron chi connectivity index (χ0n) is 13.7. The summed E-state index contributed by atoms with van der Waals surface area (Å²) < 4.78 is 38.8. The minimum absolute atomic E-state index is 0.0196. The highest BCUT2D eigenvalue weighted by atomic mass is 32.2. The number of β-amino-alcohol motifs (C(OH)–C–C–N with tert-alkyl or cyclic N) is 1. The Morgan fingerprint density at radius 2 is 1.87 bits per heavy atom. The zero-order valence-corrected chi connectivity index (χ0v) is 14.5. The molecule has 2 rings (SSSR count). The Morgan fingerprint density at radius 1 is 1.30 bits per heavy atom. The van der Waals surface area contributed by atoms with E-state index in [1.165, 1.54) is 19.2 Å². The number of hydrogen-bond acceptors (Lipinski definition) is 4. The largest absolute Gasteiger partial charge is 0.390 e. The van der Waals surface area contributed by atoms with Crippen LogP contribution in [0.4, 0.5) is 4.39 Å². The number of aliphatic hydroxyl groups excluding tert-OH is 1. The van der Waals surface area contributed by atoms with E-state index in [-0.39, 0.29) is 11.4 Å². The number of nitrogens with zero attached hydrogens (tertiary/aromatic N) is 2. The van der Waals surface area contributed by atoms with Gasteiger partial charge in [-0.25, -0.2) is 12.8 Å². The number of benzene rings is 1. The maximum absolute atomic E-state index is 12.9. The molecule has 5 nitrogen and oxygen atoms in total. The number of aliphatic hydroxyl groups is 1. The normalized spacial score (nSPS) is 19.2. The number of hydrogen-bond donors (Lipinski definition) is 1. The van der Waals surface area contributed by atoms with E-state index in [1.807, 2.05) is 0 Å². The predicted octanol–water partition coefficient (Wildman–Crippen LogP) is 1.54. The Balaban J connectivity index is 1.92. The van der Waals surface area contributed by atoms with Crippen LogP contribution in [0.25, 0.3) is 0 Å². The molecule has 1 atom stereocenters. The fourth-order valence-corrected chi connectivity index (χ4v) is 3.99. The first kappa shape index (κ1) is 18.3. The third kappa shape index (κ3) is 4.97. The lowest BCUT2D eigenvalue weighted by atomic mass is 9.99. The maximum Gasteiger partial charge on any atom is 0.242 e. The van der Waals surface area contributed by atoms with E-state index in [4.69, 9.17) is 0 Å².